The molecule has 0 saturated carbocycles. The Morgan fingerprint density at radius 2 is 1.70 bits per heavy atom. The second kappa shape index (κ2) is 9.93. The summed E-state index contributed by atoms with van der Waals surface area (Å²) in [6.07, 6.45) is 1.67. The first-order chi connectivity index (χ1) is 15.9. The number of hydrogen-bond acceptors (Lipinski definition) is 5. The molecular formula is C24H16F2N2O3S2. The van der Waals surface area contributed by atoms with Crippen molar-refractivity contribution < 1.29 is 23.1 Å². The molecule has 1 fully saturated rings. The molecule has 0 atom stereocenters. The van der Waals surface area contributed by atoms with Crippen molar-refractivity contribution in [1.82, 2.24) is 0 Å². The molecule has 1 aliphatic heterocycles. The zero-order chi connectivity index (χ0) is 23.4. The molecule has 1 saturated heterocycles. The third-order valence-electron chi connectivity index (χ3n) is 4.53. The highest BCUT2D eigenvalue weighted by atomic mass is 32.2. The Hall–Kier alpha value is -3.56. The first-order valence-electron chi connectivity index (χ1n) is 9.71. The van der Waals surface area contributed by atoms with Gasteiger partial charge in [-0.3, -0.25) is 14.5 Å². The second-order valence-corrected chi connectivity index (χ2v) is 8.59. The summed E-state index contributed by atoms with van der Waals surface area (Å²) in [4.78, 5) is 26.7. The number of carbonyl (C=O) groups excluding carboxylic acids is 2. The molecule has 5 nitrogen and oxygen atoms in total. The molecule has 1 aliphatic rings. The molecule has 0 radical (unpaired) electrons. The number of ether oxygens (including phenoxy) is 1. The number of benzene rings is 3. The van der Waals surface area contributed by atoms with Crippen molar-refractivity contribution in [3.8, 4) is 5.75 Å². The molecule has 0 aromatic heterocycles. The number of halogens is 2. The molecule has 166 valence electrons. The monoisotopic (exact) mass is 482 g/mol. The Kier molecular flexibility index (Phi) is 6.81. The number of hydrogen-bond donors (Lipinski definition) is 1. The number of rotatable bonds is 6. The van der Waals surface area contributed by atoms with E-state index in [1.54, 1.807) is 30.3 Å². The molecule has 0 aliphatic carbocycles. The van der Waals surface area contributed by atoms with E-state index in [1.165, 1.54) is 53.4 Å². The summed E-state index contributed by atoms with van der Waals surface area (Å²) in [6.45, 7) is -0.243. The highest BCUT2D eigenvalue weighted by Gasteiger charge is 2.33. The predicted molar refractivity (Wildman–Crippen MR) is 129 cm³/mol. The Morgan fingerprint density at radius 1 is 1.03 bits per heavy atom. The van der Waals surface area contributed by atoms with Gasteiger partial charge in [0, 0.05) is 5.69 Å². The van der Waals surface area contributed by atoms with E-state index in [-0.39, 0.29) is 12.5 Å². The molecule has 2 amide bonds. The van der Waals surface area contributed by atoms with Crippen LogP contribution in [0.15, 0.2) is 77.7 Å². The van der Waals surface area contributed by atoms with Crippen LogP contribution in [0.2, 0.25) is 0 Å². The highest BCUT2D eigenvalue weighted by molar-refractivity contribution is 8.27. The van der Waals surface area contributed by atoms with Crippen LogP contribution in [0.1, 0.15) is 5.56 Å². The van der Waals surface area contributed by atoms with E-state index in [9.17, 15) is 18.4 Å². The summed E-state index contributed by atoms with van der Waals surface area (Å²) in [7, 11) is 0. The number of thiocarbonyl (C=S) groups is 1. The quantitative estimate of drug-likeness (QED) is 0.377. The van der Waals surface area contributed by atoms with Gasteiger partial charge >= 0.3 is 0 Å². The lowest BCUT2D eigenvalue weighted by molar-refractivity contribution is -0.118. The van der Waals surface area contributed by atoms with Crippen molar-refractivity contribution in [3.63, 3.8) is 0 Å². The van der Waals surface area contributed by atoms with Crippen molar-refractivity contribution in [1.29, 1.82) is 0 Å². The molecule has 0 unspecified atom stereocenters. The fourth-order valence-electron chi connectivity index (χ4n) is 3.01. The zero-order valence-corrected chi connectivity index (χ0v) is 18.6. The van der Waals surface area contributed by atoms with Gasteiger partial charge in [0.05, 0.1) is 10.6 Å². The Labute approximate surface area is 198 Å². The van der Waals surface area contributed by atoms with Crippen LogP contribution in [-0.2, 0) is 9.59 Å². The summed E-state index contributed by atoms with van der Waals surface area (Å²) in [5.41, 5.74) is 1.64. The van der Waals surface area contributed by atoms with Crippen LogP contribution >= 0.6 is 24.0 Å². The average molecular weight is 483 g/mol. The van der Waals surface area contributed by atoms with Gasteiger partial charge in [0.25, 0.3) is 11.8 Å². The Balaban J connectivity index is 1.41. The SMILES string of the molecule is O=C(COc1cccc(/C=C2\SC(=S)N(c3ccc(F)cc3)C2=O)c1)Nc1ccc(F)cc1. The summed E-state index contributed by atoms with van der Waals surface area (Å²) in [5, 5.41) is 2.61. The van der Waals surface area contributed by atoms with Crippen LogP contribution in [0.4, 0.5) is 20.2 Å². The molecule has 0 spiro atoms. The van der Waals surface area contributed by atoms with Crippen LogP contribution in [0, 0.1) is 11.6 Å². The smallest absolute Gasteiger partial charge is 0.270 e. The van der Waals surface area contributed by atoms with Gasteiger partial charge < -0.3 is 10.1 Å². The minimum atomic E-state index is -0.400. The maximum atomic E-state index is 13.2. The molecule has 4 rings (SSSR count). The molecular weight excluding hydrogens is 466 g/mol. The first kappa shape index (κ1) is 22.6. The lowest BCUT2D eigenvalue weighted by atomic mass is 10.2. The Morgan fingerprint density at radius 3 is 2.39 bits per heavy atom. The molecule has 1 heterocycles. The minimum Gasteiger partial charge on any atom is -0.484 e. The molecule has 3 aromatic rings. The van der Waals surface area contributed by atoms with Crippen molar-refractivity contribution in [3.05, 3.63) is 94.9 Å². The van der Waals surface area contributed by atoms with Crippen molar-refractivity contribution in [2.75, 3.05) is 16.8 Å². The third-order valence-corrected chi connectivity index (χ3v) is 5.83. The topological polar surface area (TPSA) is 58.6 Å². The van der Waals surface area contributed by atoms with Crippen LogP contribution in [0.3, 0.4) is 0 Å². The number of anilines is 2. The normalized spacial score (nSPS) is 14.6. The standard InChI is InChI=1S/C24H16F2N2O3S2/c25-16-4-8-18(9-5-16)27-22(29)14-31-20-3-1-2-15(12-20)13-21-23(30)28(24(32)33-21)19-10-6-17(26)7-11-19/h1-13H,14H2,(H,27,29)/b21-13-. The molecule has 9 heteroatoms. The van der Waals surface area contributed by atoms with Gasteiger partial charge in [0.1, 0.15) is 17.4 Å². The van der Waals surface area contributed by atoms with E-state index in [1.807, 2.05) is 0 Å². The van der Waals surface area contributed by atoms with E-state index in [0.717, 1.165) is 11.8 Å². The number of carbonyl (C=O) groups is 2. The molecule has 33 heavy (non-hydrogen) atoms. The van der Waals surface area contributed by atoms with Crippen molar-refractivity contribution >= 4 is 57.6 Å². The molecule has 0 bridgehead atoms. The second-order valence-electron chi connectivity index (χ2n) is 6.91. The van der Waals surface area contributed by atoms with Gasteiger partial charge in [0.2, 0.25) is 0 Å². The lowest BCUT2D eigenvalue weighted by Gasteiger charge is -2.14. The highest BCUT2D eigenvalue weighted by Crippen LogP contribution is 2.36. The molecule has 3 aromatic carbocycles. The van der Waals surface area contributed by atoms with Gasteiger partial charge in [-0.15, -0.1) is 0 Å². The number of thioether (sulfide) groups is 1. The number of amides is 2. The predicted octanol–water partition coefficient (Wildman–Crippen LogP) is 5.39. The minimum absolute atomic E-state index is 0.243. The summed E-state index contributed by atoms with van der Waals surface area (Å²) >= 11 is 6.47. The van der Waals surface area contributed by atoms with Gasteiger partial charge in [-0.2, -0.15) is 0 Å². The van der Waals surface area contributed by atoms with Gasteiger partial charge in [-0.25, -0.2) is 8.78 Å². The van der Waals surface area contributed by atoms with E-state index in [4.69, 9.17) is 17.0 Å². The van der Waals surface area contributed by atoms with E-state index >= 15 is 0 Å². The van der Waals surface area contributed by atoms with E-state index in [2.05, 4.69) is 5.32 Å². The fraction of sp³-hybridized carbons (Fsp3) is 0.0417. The van der Waals surface area contributed by atoms with E-state index < -0.39 is 17.5 Å². The van der Waals surface area contributed by atoms with Crippen LogP contribution in [0.5, 0.6) is 5.75 Å². The summed E-state index contributed by atoms with van der Waals surface area (Å²) < 4.78 is 32.0. The van der Waals surface area contributed by atoms with Gasteiger partial charge in [-0.05, 0) is 72.3 Å². The maximum Gasteiger partial charge on any atom is 0.270 e. The van der Waals surface area contributed by atoms with Crippen LogP contribution in [0.25, 0.3) is 6.08 Å². The summed E-state index contributed by atoms with van der Waals surface area (Å²) in [5.74, 6) is -1.06. The van der Waals surface area contributed by atoms with Gasteiger partial charge in [0.15, 0.2) is 10.9 Å². The number of nitrogens with one attached hydrogen (secondary N) is 1. The molecule has 1 N–H and O–H groups in total. The maximum absolute atomic E-state index is 13.2. The van der Waals surface area contributed by atoms with Crippen molar-refractivity contribution in [2.24, 2.45) is 0 Å². The van der Waals surface area contributed by atoms with Crippen molar-refractivity contribution in [2.45, 2.75) is 0 Å². The lowest BCUT2D eigenvalue weighted by Crippen LogP contribution is -2.27. The van der Waals surface area contributed by atoms with Crippen LogP contribution < -0.4 is 15.0 Å². The van der Waals surface area contributed by atoms with Crippen LogP contribution in [-0.4, -0.2) is 22.7 Å². The first-order valence-corrected chi connectivity index (χ1v) is 10.9. The largest absolute Gasteiger partial charge is 0.484 e. The third kappa shape index (κ3) is 5.63. The number of nitrogens with zero attached hydrogens (tertiary/aromatic N) is 1. The zero-order valence-electron chi connectivity index (χ0n) is 17.0. The summed E-state index contributed by atoms with van der Waals surface area (Å²) in [6, 6.07) is 17.8. The van der Waals surface area contributed by atoms with E-state index in [0.29, 0.717) is 31.9 Å². The average Bonchev–Trinajstić information content (AvgIpc) is 3.07. The van der Waals surface area contributed by atoms with Gasteiger partial charge in [-0.1, -0.05) is 36.1 Å². The Bertz CT molecular complexity index is 1250. The fourth-order valence-corrected chi connectivity index (χ4v) is 4.30.